The first-order chi connectivity index (χ1) is 13.5. The summed E-state index contributed by atoms with van der Waals surface area (Å²) in [7, 11) is 0. The van der Waals surface area contributed by atoms with Gasteiger partial charge in [0.15, 0.2) is 0 Å². The fourth-order valence-electron chi connectivity index (χ4n) is 3.17. The molecule has 2 aromatic rings. The Morgan fingerprint density at radius 1 is 1.21 bits per heavy atom. The summed E-state index contributed by atoms with van der Waals surface area (Å²) in [5, 5.41) is 3.63. The van der Waals surface area contributed by atoms with Crippen LogP contribution in [0.4, 0.5) is 5.69 Å². The van der Waals surface area contributed by atoms with Gasteiger partial charge in [-0.25, -0.2) is 0 Å². The predicted octanol–water partition coefficient (Wildman–Crippen LogP) is 4.80. The minimum Gasteiger partial charge on any atom is -0.489 e. The molecule has 2 amide bonds. The molecule has 1 atom stereocenters. The van der Waals surface area contributed by atoms with Crippen LogP contribution >= 0.6 is 23.2 Å². The van der Waals surface area contributed by atoms with Gasteiger partial charge in [-0.2, -0.15) is 0 Å². The molecule has 1 fully saturated rings. The largest absolute Gasteiger partial charge is 0.489 e. The van der Waals surface area contributed by atoms with Crippen LogP contribution in [-0.2, 0) is 4.79 Å². The van der Waals surface area contributed by atoms with Gasteiger partial charge in [-0.15, -0.1) is 0 Å². The van der Waals surface area contributed by atoms with Crippen LogP contribution < -0.4 is 10.1 Å². The minimum absolute atomic E-state index is 0.236. The molecule has 1 unspecified atom stereocenters. The van der Waals surface area contributed by atoms with Crippen molar-refractivity contribution < 1.29 is 14.3 Å². The zero-order valence-electron chi connectivity index (χ0n) is 15.2. The van der Waals surface area contributed by atoms with Crippen molar-refractivity contribution in [3.63, 3.8) is 0 Å². The van der Waals surface area contributed by atoms with Crippen LogP contribution in [0.25, 0.3) is 0 Å². The lowest BCUT2D eigenvalue weighted by Gasteiger charge is -2.24. The van der Waals surface area contributed by atoms with Crippen LogP contribution in [-0.4, -0.2) is 35.9 Å². The average Bonchev–Trinajstić information content (AvgIpc) is 3.15. The molecule has 1 N–H and O–H groups in total. The number of nitrogens with one attached hydrogen (secondary N) is 1. The maximum atomic E-state index is 12.9. The molecule has 1 aliphatic rings. The van der Waals surface area contributed by atoms with Gasteiger partial charge >= 0.3 is 0 Å². The van der Waals surface area contributed by atoms with Crippen LogP contribution in [0.1, 0.15) is 23.2 Å². The topological polar surface area (TPSA) is 58.6 Å². The molecular weight excluding hydrogens is 399 g/mol. The van der Waals surface area contributed by atoms with E-state index in [-0.39, 0.29) is 11.8 Å². The van der Waals surface area contributed by atoms with Crippen LogP contribution in [0, 0.1) is 0 Å². The summed E-state index contributed by atoms with van der Waals surface area (Å²) in [6.45, 7) is 4.49. The zero-order chi connectivity index (χ0) is 20.1. The second-order valence-electron chi connectivity index (χ2n) is 6.43. The maximum Gasteiger partial charge on any atom is 0.254 e. The minimum atomic E-state index is -0.553. The van der Waals surface area contributed by atoms with Gasteiger partial charge in [0.05, 0.1) is 0 Å². The van der Waals surface area contributed by atoms with E-state index in [9.17, 15) is 9.59 Å². The third-order valence-corrected chi connectivity index (χ3v) is 4.83. The molecule has 1 saturated heterocycles. The number of anilines is 1. The molecule has 28 heavy (non-hydrogen) atoms. The Morgan fingerprint density at radius 3 is 2.68 bits per heavy atom. The first-order valence-electron chi connectivity index (χ1n) is 8.89. The normalized spacial score (nSPS) is 15.9. The Labute approximate surface area is 173 Å². The lowest BCUT2D eigenvalue weighted by atomic mass is 10.1. The van der Waals surface area contributed by atoms with Crippen LogP contribution in [0.15, 0.2) is 55.1 Å². The molecule has 0 spiro atoms. The number of halogens is 2. The van der Waals surface area contributed by atoms with Crippen LogP contribution in [0.3, 0.4) is 0 Å². The van der Waals surface area contributed by atoms with E-state index in [1.54, 1.807) is 53.4 Å². The summed E-state index contributed by atoms with van der Waals surface area (Å²) >= 11 is 12.0. The summed E-state index contributed by atoms with van der Waals surface area (Å²) in [4.78, 5) is 27.3. The van der Waals surface area contributed by atoms with Gasteiger partial charge in [0.25, 0.3) is 5.91 Å². The number of ether oxygens (including phenoxy) is 1. The van der Waals surface area contributed by atoms with Crippen molar-refractivity contribution in [2.75, 3.05) is 18.5 Å². The zero-order valence-corrected chi connectivity index (χ0v) is 16.7. The molecule has 1 aliphatic heterocycles. The van der Waals surface area contributed by atoms with Crippen molar-refractivity contribution in [2.45, 2.75) is 18.9 Å². The fourth-order valence-corrected chi connectivity index (χ4v) is 3.70. The second-order valence-corrected chi connectivity index (χ2v) is 7.30. The number of amides is 2. The molecule has 0 aliphatic carbocycles. The Balaban J connectivity index is 1.72. The third-order valence-electron chi connectivity index (χ3n) is 4.40. The Kier molecular flexibility index (Phi) is 6.60. The maximum absolute atomic E-state index is 12.9. The number of benzene rings is 2. The highest BCUT2D eigenvalue weighted by molar-refractivity contribution is 6.35. The van der Waals surface area contributed by atoms with Gasteiger partial charge in [0.2, 0.25) is 5.91 Å². The standard InChI is InChI=1S/C21H20Cl2N2O3/c1-2-9-28-18-6-3-5-17(13-18)24-20(26)19-7-4-8-25(19)21(27)14-10-15(22)12-16(23)11-14/h2-3,5-6,10-13,19H,1,4,7-9H2,(H,24,26). The van der Waals surface area contributed by atoms with Crippen molar-refractivity contribution in [3.8, 4) is 5.75 Å². The van der Waals surface area contributed by atoms with E-state index >= 15 is 0 Å². The molecule has 0 radical (unpaired) electrons. The average molecular weight is 419 g/mol. The van der Waals surface area contributed by atoms with Crippen LogP contribution in [0.2, 0.25) is 10.0 Å². The molecule has 0 saturated carbocycles. The number of nitrogens with zero attached hydrogens (tertiary/aromatic N) is 1. The number of hydrogen-bond donors (Lipinski definition) is 1. The molecule has 5 nitrogen and oxygen atoms in total. The van der Waals surface area contributed by atoms with E-state index in [4.69, 9.17) is 27.9 Å². The summed E-state index contributed by atoms with van der Waals surface area (Å²) < 4.78 is 5.48. The lowest BCUT2D eigenvalue weighted by Crippen LogP contribution is -2.43. The van der Waals surface area contributed by atoms with Crippen molar-refractivity contribution in [1.82, 2.24) is 4.90 Å². The molecule has 3 rings (SSSR count). The van der Waals surface area contributed by atoms with Crippen molar-refractivity contribution >= 4 is 40.7 Å². The Bertz CT molecular complexity index is 881. The van der Waals surface area contributed by atoms with E-state index < -0.39 is 6.04 Å². The third kappa shape index (κ3) is 4.86. The van der Waals surface area contributed by atoms with Crippen molar-refractivity contribution in [3.05, 3.63) is 70.7 Å². The Morgan fingerprint density at radius 2 is 1.96 bits per heavy atom. The number of likely N-dealkylation sites (tertiary alicyclic amines) is 1. The van der Waals surface area contributed by atoms with Gasteiger partial charge in [0, 0.05) is 33.9 Å². The highest BCUT2D eigenvalue weighted by atomic mass is 35.5. The summed E-state index contributed by atoms with van der Waals surface area (Å²) in [5.74, 6) is 0.135. The summed E-state index contributed by atoms with van der Waals surface area (Å²) in [6, 6.07) is 11.2. The molecule has 0 bridgehead atoms. The van der Waals surface area contributed by atoms with E-state index in [0.29, 0.717) is 46.6 Å². The van der Waals surface area contributed by atoms with E-state index in [0.717, 1.165) is 6.42 Å². The molecule has 1 heterocycles. The number of rotatable bonds is 6. The smallest absolute Gasteiger partial charge is 0.254 e. The number of hydrogen-bond acceptors (Lipinski definition) is 3. The van der Waals surface area contributed by atoms with E-state index in [2.05, 4.69) is 11.9 Å². The van der Waals surface area contributed by atoms with Gasteiger partial charge in [0.1, 0.15) is 18.4 Å². The highest BCUT2D eigenvalue weighted by Gasteiger charge is 2.34. The lowest BCUT2D eigenvalue weighted by molar-refractivity contribution is -0.119. The molecular formula is C21H20Cl2N2O3. The summed E-state index contributed by atoms with van der Waals surface area (Å²) in [5.41, 5.74) is 0.980. The monoisotopic (exact) mass is 418 g/mol. The van der Waals surface area contributed by atoms with Gasteiger partial charge in [-0.3, -0.25) is 9.59 Å². The first-order valence-corrected chi connectivity index (χ1v) is 9.65. The fraction of sp³-hybridized carbons (Fsp3) is 0.238. The second kappa shape index (κ2) is 9.13. The van der Waals surface area contributed by atoms with Gasteiger partial charge in [-0.05, 0) is 43.2 Å². The first kappa shape index (κ1) is 20.2. The SMILES string of the molecule is C=CCOc1cccc(NC(=O)C2CCCN2C(=O)c2cc(Cl)cc(Cl)c2)c1. The summed E-state index contributed by atoms with van der Waals surface area (Å²) in [6.07, 6.45) is 2.99. The quantitative estimate of drug-likeness (QED) is 0.685. The van der Waals surface area contributed by atoms with Crippen LogP contribution in [0.5, 0.6) is 5.75 Å². The Hall–Kier alpha value is -2.50. The van der Waals surface area contributed by atoms with Crippen molar-refractivity contribution in [2.24, 2.45) is 0 Å². The van der Waals surface area contributed by atoms with E-state index in [1.807, 2.05) is 0 Å². The number of carbonyl (C=O) groups excluding carboxylic acids is 2. The predicted molar refractivity (Wildman–Crippen MR) is 111 cm³/mol. The highest BCUT2D eigenvalue weighted by Crippen LogP contribution is 2.26. The van der Waals surface area contributed by atoms with Gasteiger partial charge < -0.3 is 15.0 Å². The molecule has 2 aromatic carbocycles. The molecule has 146 valence electrons. The van der Waals surface area contributed by atoms with Gasteiger partial charge in [-0.1, -0.05) is 41.9 Å². The molecule has 7 heteroatoms. The van der Waals surface area contributed by atoms with E-state index in [1.165, 1.54) is 0 Å². The van der Waals surface area contributed by atoms with Crippen molar-refractivity contribution in [1.29, 1.82) is 0 Å². The number of carbonyl (C=O) groups is 2. The molecule has 0 aromatic heterocycles.